The number of hydrazine groups is 1. The molecule has 8 heteroatoms. The summed E-state index contributed by atoms with van der Waals surface area (Å²) in [6.45, 7) is 3.28. The van der Waals surface area contributed by atoms with Gasteiger partial charge in [-0.2, -0.15) is 0 Å². The summed E-state index contributed by atoms with van der Waals surface area (Å²) in [5.41, 5.74) is 5.66. The van der Waals surface area contributed by atoms with Crippen LogP contribution >= 0.6 is 15.9 Å². The fraction of sp³-hybridized carbons (Fsp3) is 0.263. The number of hydrogen-bond donors (Lipinski definition) is 2. The smallest absolute Gasteiger partial charge is 0.279 e. The zero-order valence-electron chi connectivity index (χ0n) is 15.2. The molecule has 0 aliphatic rings. The third-order valence-electron chi connectivity index (χ3n) is 3.51. The number of carbonyl (C=O) groups is 2. The van der Waals surface area contributed by atoms with Crippen molar-refractivity contribution >= 4 is 27.7 Å². The Morgan fingerprint density at radius 3 is 2.37 bits per heavy atom. The van der Waals surface area contributed by atoms with Crippen LogP contribution in [0.1, 0.15) is 12.5 Å². The third kappa shape index (κ3) is 6.49. The van der Waals surface area contributed by atoms with E-state index in [-0.39, 0.29) is 6.61 Å². The van der Waals surface area contributed by atoms with Gasteiger partial charge < -0.3 is 14.2 Å². The molecule has 0 fully saturated rings. The molecule has 2 rings (SSSR count). The van der Waals surface area contributed by atoms with Crippen molar-refractivity contribution in [1.82, 2.24) is 10.9 Å². The molecule has 0 aliphatic heterocycles. The van der Waals surface area contributed by atoms with Crippen LogP contribution in [0.15, 0.2) is 46.9 Å². The van der Waals surface area contributed by atoms with Crippen LogP contribution in [0.4, 0.5) is 0 Å². The van der Waals surface area contributed by atoms with Crippen molar-refractivity contribution < 1.29 is 23.8 Å². The summed E-state index contributed by atoms with van der Waals surface area (Å²) >= 11 is 3.37. The van der Waals surface area contributed by atoms with Crippen LogP contribution in [-0.4, -0.2) is 31.6 Å². The van der Waals surface area contributed by atoms with Gasteiger partial charge in [-0.1, -0.05) is 6.07 Å². The van der Waals surface area contributed by atoms with Gasteiger partial charge in [0.05, 0.1) is 11.6 Å². The summed E-state index contributed by atoms with van der Waals surface area (Å²) in [4.78, 5) is 23.8. The summed E-state index contributed by atoms with van der Waals surface area (Å²) in [6.07, 6.45) is -0.800. The van der Waals surface area contributed by atoms with Crippen LogP contribution in [0.25, 0.3) is 0 Å². The van der Waals surface area contributed by atoms with E-state index in [0.29, 0.717) is 17.2 Å². The van der Waals surface area contributed by atoms with Gasteiger partial charge in [0.2, 0.25) is 0 Å². The van der Waals surface area contributed by atoms with Crippen LogP contribution < -0.4 is 25.1 Å². The molecule has 2 aromatic rings. The van der Waals surface area contributed by atoms with Gasteiger partial charge in [0, 0.05) is 0 Å². The number of hydrogen-bond acceptors (Lipinski definition) is 5. The number of rotatable bonds is 7. The molecule has 0 aliphatic carbocycles. The lowest BCUT2D eigenvalue weighted by Gasteiger charge is -2.15. The monoisotopic (exact) mass is 436 g/mol. The second-order valence-electron chi connectivity index (χ2n) is 5.70. The summed E-state index contributed by atoms with van der Waals surface area (Å²) < 4.78 is 16.7. The van der Waals surface area contributed by atoms with E-state index in [2.05, 4.69) is 26.8 Å². The number of amides is 2. The molecule has 27 heavy (non-hydrogen) atoms. The Labute approximate surface area is 166 Å². The Morgan fingerprint density at radius 1 is 1.07 bits per heavy atom. The first-order valence-corrected chi connectivity index (χ1v) is 8.96. The maximum absolute atomic E-state index is 12.0. The molecule has 0 aromatic heterocycles. The van der Waals surface area contributed by atoms with E-state index in [1.807, 2.05) is 19.1 Å². The Bertz CT molecular complexity index is 795. The van der Waals surface area contributed by atoms with Gasteiger partial charge in [-0.05, 0) is 71.7 Å². The van der Waals surface area contributed by atoms with Gasteiger partial charge in [-0.3, -0.25) is 20.4 Å². The number of aryl methyl sites for hydroxylation is 1. The first kappa shape index (κ1) is 20.6. The van der Waals surface area contributed by atoms with Gasteiger partial charge in [0.1, 0.15) is 17.2 Å². The predicted molar refractivity (Wildman–Crippen MR) is 104 cm³/mol. The predicted octanol–water partition coefficient (Wildman–Crippen LogP) is 2.76. The van der Waals surface area contributed by atoms with Crippen molar-refractivity contribution in [2.45, 2.75) is 20.0 Å². The lowest BCUT2D eigenvalue weighted by Crippen LogP contribution is -2.48. The summed E-state index contributed by atoms with van der Waals surface area (Å²) in [7, 11) is 1.57. The van der Waals surface area contributed by atoms with Gasteiger partial charge in [-0.15, -0.1) is 0 Å². The van der Waals surface area contributed by atoms with Crippen molar-refractivity contribution in [2.75, 3.05) is 13.7 Å². The number of nitrogens with one attached hydrogen (secondary N) is 2. The highest BCUT2D eigenvalue weighted by atomic mass is 79.9. The highest BCUT2D eigenvalue weighted by Gasteiger charge is 2.16. The van der Waals surface area contributed by atoms with E-state index in [4.69, 9.17) is 14.2 Å². The molecule has 0 heterocycles. The molecule has 0 radical (unpaired) electrons. The molecule has 1 unspecified atom stereocenters. The van der Waals surface area contributed by atoms with Crippen LogP contribution in [0.5, 0.6) is 17.2 Å². The van der Waals surface area contributed by atoms with Crippen molar-refractivity contribution in [3.05, 3.63) is 52.5 Å². The van der Waals surface area contributed by atoms with E-state index in [0.717, 1.165) is 10.0 Å². The van der Waals surface area contributed by atoms with Crippen LogP contribution in [0.3, 0.4) is 0 Å². The molecule has 0 bridgehead atoms. The molecule has 2 aromatic carbocycles. The van der Waals surface area contributed by atoms with Gasteiger partial charge in [-0.25, -0.2) is 0 Å². The largest absolute Gasteiger partial charge is 0.497 e. The molecule has 144 valence electrons. The number of ether oxygens (including phenoxy) is 3. The van der Waals surface area contributed by atoms with Crippen LogP contribution in [0, 0.1) is 6.92 Å². The highest BCUT2D eigenvalue weighted by molar-refractivity contribution is 9.10. The Balaban J connectivity index is 1.75. The van der Waals surface area contributed by atoms with Crippen molar-refractivity contribution in [1.29, 1.82) is 0 Å². The highest BCUT2D eigenvalue weighted by Crippen LogP contribution is 2.25. The molecule has 0 spiro atoms. The van der Waals surface area contributed by atoms with Gasteiger partial charge >= 0.3 is 0 Å². The minimum atomic E-state index is -0.800. The summed E-state index contributed by atoms with van der Waals surface area (Å²) in [5.74, 6) is 0.755. The van der Waals surface area contributed by atoms with E-state index in [1.165, 1.54) is 0 Å². The maximum atomic E-state index is 12.0. The fourth-order valence-electron chi connectivity index (χ4n) is 2.05. The lowest BCUT2D eigenvalue weighted by atomic mass is 10.2. The van der Waals surface area contributed by atoms with E-state index >= 15 is 0 Å². The fourth-order valence-corrected chi connectivity index (χ4v) is 2.65. The lowest BCUT2D eigenvalue weighted by molar-refractivity contribution is -0.133. The molecule has 7 nitrogen and oxygen atoms in total. The zero-order chi connectivity index (χ0) is 19.8. The molecule has 0 saturated heterocycles. The van der Waals surface area contributed by atoms with E-state index in [1.54, 1.807) is 44.4 Å². The Kier molecular flexibility index (Phi) is 7.48. The Morgan fingerprint density at radius 2 is 1.74 bits per heavy atom. The first-order valence-electron chi connectivity index (χ1n) is 8.17. The summed E-state index contributed by atoms with van der Waals surface area (Å²) in [5, 5.41) is 0. The minimum Gasteiger partial charge on any atom is -0.497 e. The van der Waals surface area contributed by atoms with Crippen LogP contribution in [0.2, 0.25) is 0 Å². The summed E-state index contributed by atoms with van der Waals surface area (Å²) in [6, 6.07) is 12.3. The number of carbonyl (C=O) groups excluding carboxylic acids is 2. The van der Waals surface area contributed by atoms with Crippen molar-refractivity contribution in [2.24, 2.45) is 0 Å². The number of benzene rings is 2. The average Bonchev–Trinajstić information content (AvgIpc) is 2.66. The molecular weight excluding hydrogens is 416 g/mol. The second-order valence-corrected chi connectivity index (χ2v) is 6.55. The first-order chi connectivity index (χ1) is 12.9. The zero-order valence-corrected chi connectivity index (χ0v) is 16.8. The van der Waals surface area contributed by atoms with E-state index < -0.39 is 17.9 Å². The molecule has 1 atom stereocenters. The third-order valence-corrected chi connectivity index (χ3v) is 4.13. The maximum Gasteiger partial charge on any atom is 0.279 e. The second kappa shape index (κ2) is 9.82. The molecule has 2 N–H and O–H groups in total. The topological polar surface area (TPSA) is 85.9 Å². The number of halogens is 1. The van der Waals surface area contributed by atoms with Gasteiger partial charge in [0.15, 0.2) is 12.7 Å². The number of methoxy groups -OCH3 is 1. The minimum absolute atomic E-state index is 0.240. The molecule has 2 amide bonds. The quantitative estimate of drug-likeness (QED) is 0.651. The van der Waals surface area contributed by atoms with Gasteiger partial charge in [0.25, 0.3) is 11.8 Å². The molecular formula is C19H21BrN2O5. The molecule has 0 saturated carbocycles. The normalized spacial score (nSPS) is 11.3. The SMILES string of the molecule is COc1ccc(OC(C)C(=O)NNC(=O)COc2ccc(C)cc2Br)cc1. The van der Waals surface area contributed by atoms with Crippen LogP contribution in [-0.2, 0) is 9.59 Å². The van der Waals surface area contributed by atoms with Crippen molar-refractivity contribution in [3.8, 4) is 17.2 Å². The van der Waals surface area contributed by atoms with Crippen molar-refractivity contribution in [3.63, 3.8) is 0 Å². The Hall–Kier alpha value is -2.74. The van der Waals surface area contributed by atoms with E-state index in [9.17, 15) is 9.59 Å². The average molecular weight is 437 g/mol. The standard InChI is InChI=1S/C19H21BrN2O5/c1-12-4-9-17(16(20)10-12)26-11-18(23)21-22-19(24)13(2)27-15-7-5-14(25-3)6-8-15/h4-10,13H,11H2,1-3H3,(H,21,23)(H,22,24).